The standard InChI is InChI=1S/C21H15N3O4/c1-28-16-10-8-15(9-11-16)24-20(25)18(13-22)17(19(23-24)21(26)27)12-7-14-5-3-2-4-6-14/h2-12H,1H3,(H,26,27)/b12-7+. The highest BCUT2D eigenvalue weighted by Gasteiger charge is 2.21. The fourth-order valence-corrected chi connectivity index (χ4v) is 2.61. The third kappa shape index (κ3) is 3.66. The van der Waals surface area contributed by atoms with Crippen LogP contribution in [0.25, 0.3) is 17.8 Å². The molecule has 0 atom stereocenters. The highest BCUT2D eigenvalue weighted by molar-refractivity contribution is 5.92. The van der Waals surface area contributed by atoms with Crippen molar-refractivity contribution in [1.29, 1.82) is 5.26 Å². The fourth-order valence-electron chi connectivity index (χ4n) is 2.61. The molecule has 0 aliphatic rings. The van der Waals surface area contributed by atoms with Crippen molar-refractivity contribution in [1.82, 2.24) is 9.78 Å². The van der Waals surface area contributed by atoms with Crippen LogP contribution in [0.3, 0.4) is 0 Å². The predicted octanol–water partition coefficient (Wildman–Crippen LogP) is 2.98. The Morgan fingerprint density at radius 3 is 2.39 bits per heavy atom. The summed E-state index contributed by atoms with van der Waals surface area (Å²) in [7, 11) is 1.50. The van der Waals surface area contributed by atoms with Crippen LogP contribution in [0.15, 0.2) is 59.4 Å². The summed E-state index contributed by atoms with van der Waals surface area (Å²) in [6.45, 7) is 0. The maximum absolute atomic E-state index is 12.8. The summed E-state index contributed by atoms with van der Waals surface area (Å²) < 4.78 is 5.98. The van der Waals surface area contributed by atoms with Gasteiger partial charge in [-0.3, -0.25) is 4.79 Å². The molecular weight excluding hydrogens is 358 g/mol. The van der Waals surface area contributed by atoms with Gasteiger partial charge in [-0.2, -0.15) is 15.0 Å². The Kier molecular flexibility index (Phi) is 5.33. The SMILES string of the molecule is COc1ccc(-n2nc(C(=O)O)c(/C=C/c3ccccc3)c(C#N)c2=O)cc1. The Morgan fingerprint density at radius 2 is 1.82 bits per heavy atom. The van der Waals surface area contributed by atoms with Gasteiger partial charge in [0.1, 0.15) is 17.4 Å². The van der Waals surface area contributed by atoms with Gasteiger partial charge in [-0.15, -0.1) is 0 Å². The van der Waals surface area contributed by atoms with Gasteiger partial charge in [0.05, 0.1) is 12.8 Å². The Balaban J connectivity index is 2.19. The first kappa shape index (κ1) is 18.6. The topological polar surface area (TPSA) is 105 Å². The number of hydrogen-bond donors (Lipinski definition) is 1. The minimum Gasteiger partial charge on any atom is -0.497 e. The van der Waals surface area contributed by atoms with E-state index >= 15 is 0 Å². The van der Waals surface area contributed by atoms with Crippen LogP contribution >= 0.6 is 0 Å². The van der Waals surface area contributed by atoms with Crippen LogP contribution in [-0.4, -0.2) is 28.0 Å². The molecule has 0 saturated carbocycles. The number of aromatic nitrogens is 2. The Morgan fingerprint density at radius 1 is 1.14 bits per heavy atom. The molecule has 1 aromatic heterocycles. The van der Waals surface area contributed by atoms with Gasteiger partial charge in [0.15, 0.2) is 5.69 Å². The van der Waals surface area contributed by atoms with Crippen molar-refractivity contribution < 1.29 is 14.6 Å². The minimum absolute atomic E-state index is 0.0337. The van der Waals surface area contributed by atoms with E-state index in [1.165, 1.54) is 13.2 Å². The highest BCUT2D eigenvalue weighted by Crippen LogP contribution is 2.17. The number of carboxylic acids is 1. The predicted molar refractivity (Wildman–Crippen MR) is 103 cm³/mol. The smallest absolute Gasteiger partial charge is 0.357 e. The highest BCUT2D eigenvalue weighted by atomic mass is 16.5. The van der Waals surface area contributed by atoms with E-state index < -0.39 is 11.5 Å². The second-order valence-corrected chi connectivity index (χ2v) is 5.71. The van der Waals surface area contributed by atoms with E-state index in [0.29, 0.717) is 11.4 Å². The summed E-state index contributed by atoms with van der Waals surface area (Å²) in [6, 6.07) is 17.3. The van der Waals surface area contributed by atoms with Gasteiger partial charge in [0.25, 0.3) is 5.56 Å². The molecule has 2 aromatic carbocycles. The first-order chi connectivity index (χ1) is 13.5. The molecule has 1 N–H and O–H groups in total. The van der Waals surface area contributed by atoms with E-state index in [1.54, 1.807) is 30.3 Å². The summed E-state index contributed by atoms with van der Waals surface area (Å²) in [5.74, 6) is -0.773. The molecule has 3 rings (SSSR count). The monoisotopic (exact) mass is 373 g/mol. The van der Waals surface area contributed by atoms with Crippen molar-refractivity contribution in [2.24, 2.45) is 0 Å². The normalized spacial score (nSPS) is 10.6. The largest absolute Gasteiger partial charge is 0.497 e. The first-order valence-electron chi connectivity index (χ1n) is 8.23. The third-order valence-electron chi connectivity index (χ3n) is 4.00. The lowest BCUT2D eigenvalue weighted by Crippen LogP contribution is -2.28. The maximum Gasteiger partial charge on any atom is 0.357 e. The molecule has 0 saturated heterocycles. The average molecular weight is 373 g/mol. The first-order valence-corrected chi connectivity index (χ1v) is 8.23. The average Bonchev–Trinajstić information content (AvgIpc) is 2.73. The number of nitrogens with zero attached hydrogens (tertiary/aromatic N) is 3. The number of hydrogen-bond acceptors (Lipinski definition) is 5. The molecule has 0 unspecified atom stereocenters. The van der Waals surface area contributed by atoms with E-state index in [9.17, 15) is 20.0 Å². The summed E-state index contributed by atoms with van der Waals surface area (Å²) >= 11 is 0. The maximum atomic E-state index is 12.8. The van der Waals surface area contributed by atoms with Gasteiger partial charge in [0, 0.05) is 5.56 Å². The number of ether oxygens (including phenoxy) is 1. The van der Waals surface area contributed by atoms with Crippen LogP contribution in [0, 0.1) is 11.3 Å². The minimum atomic E-state index is -1.34. The number of carboxylic acid groups (broad SMARTS) is 1. The molecule has 138 valence electrons. The van der Waals surface area contributed by atoms with Crippen molar-refractivity contribution in [2.45, 2.75) is 0 Å². The van der Waals surface area contributed by atoms with Gasteiger partial charge in [-0.25, -0.2) is 4.79 Å². The second kappa shape index (κ2) is 8.01. The van der Waals surface area contributed by atoms with Crippen molar-refractivity contribution in [2.75, 3.05) is 7.11 Å². The van der Waals surface area contributed by atoms with Crippen LogP contribution in [0.2, 0.25) is 0 Å². The van der Waals surface area contributed by atoms with Gasteiger partial charge in [-0.05, 0) is 29.8 Å². The zero-order valence-electron chi connectivity index (χ0n) is 14.9. The molecule has 28 heavy (non-hydrogen) atoms. The van der Waals surface area contributed by atoms with E-state index in [2.05, 4.69) is 5.10 Å². The molecule has 7 nitrogen and oxygen atoms in total. The van der Waals surface area contributed by atoms with Crippen LogP contribution < -0.4 is 10.3 Å². The molecule has 1 heterocycles. The van der Waals surface area contributed by atoms with E-state index in [4.69, 9.17) is 4.74 Å². The molecular formula is C21H15N3O4. The Hall–Kier alpha value is -4.18. The number of aromatic carboxylic acids is 1. The summed E-state index contributed by atoms with van der Waals surface area (Å²) in [4.78, 5) is 24.5. The van der Waals surface area contributed by atoms with E-state index in [0.717, 1.165) is 10.2 Å². The molecule has 0 fully saturated rings. The number of methoxy groups -OCH3 is 1. The lowest BCUT2D eigenvalue weighted by Gasteiger charge is -2.10. The second-order valence-electron chi connectivity index (χ2n) is 5.71. The van der Waals surface area contributed by atoms with Crippen molar-refractivity contribution in [3.05, 3.63) is 87.3 Å². The number of carbonyl (C=O) groups is 1. The molecule has 3 aromatic rings. The van der Waals surface area contributed by atoms with Crippen molar-refractivity contribution in [3.63, 3.8) is 0 Å². The van der Waals surface area contributed by atoms with Crippen molar-refractivity contribution in [3.8, 4) is 17.5 Å². The molecule has 0 amide bonds. The molecule has 0 radical (unpaired) electrons. The summed E-state index contributed by atoms with van der Waals surface area (Å²) in [5.41, 5.74) is -0.306. The third-order valence-corrected chi connectivity index (χ3v) is 4.00. The van der Waals surface area contributed by atoms with Crippen LogP contribution in [0.4, 0.5) is 0 Å². The van der Waals surface area contributed by atoms with E-state index in [-0.39, 0.29) is 16.8 Å². The van der Waals surface area contributed by atoms with Gasteiger partial charge >= 0.3 is 5.97 Å². The van der Waals surface area contributed by atoms with Gasteiger partial charge in [-0.1, -0.05) is 42.5 Å². The Labute approximate surface area is 160 Å². The lowest BCUT2D eigenvalue weighted by molar-refractivity contribution is 0.0688. The van der Waals surface area contributed by atoms with Crippen LogP contribution in [-0.2, 0) is 0 Å². The van der Waals surface area contributed by atoms with Gasteiger partial charge < -0.3 is 9.84 Å². The number of rotatable bonds is 5. The van der Waals surface area contributed by atoms with E-state index in [1.807, 2.05) is 36.4 Å². The van der Waals surface area contributed by atoms with Crippen LogP contribution in [0.5, 0.6) is 5.75 Å². The summed E-state index contributed by atoms with van der Waals surface area (Å²) in [5, 5.41) is 23.1. The number of nitriles is 1. The van der Waals surface area contributed by atoms with Crippen molar-refractivity contribution >= 4 is 18.1 Å². The molecule has 7 heteroatoms. The van der Waals surface area contributed by atoms with Gasteiger partial charge in [0.2, 0.25) is 0 Å². The quantitative estimate of drug-likeness (QED) is 0.737. The summed E-state index contributed by atoms with van der Waals surface area (Å²) in [6.07, 6.45) is 3.05. The number of benzene rings is 2. The zero-order chi connectivity index (χ0) is 20.1. The zero-order valence-corrected chi connectivity index (χ0v) is 14.9. The Bertz CT molecular complexity index is 1140. The van der Waals surface area contributed by atoms with Crippen LogP contribution in [0.1, 0.15) is 27.2 Å². The molecule has 0 spiro atoms. The fraction of sp³-hybridized carbons (Fsp3) is 0.0476. The molecule has 0 aliphatic heterocycles. The lowest BCUT2D eigenvalue weighted by atomic mass is 10.1. The molecule has 0 aliphatic carbocycles. The molecule has 0 bridgehead atoms.